The molecule has 10 nitrogen and oxygen atoms in total. The highest BCUT2D eigenvalue weighted by Gasteiger charge is 2.42. The first kappa shape index (κ1) is 28.1. The zero-order valence-corrected chi connectivity index (χ0v) is 24.5. The molecule has 4 aromatic rings. The molecule has 0 unspecified atom stereocenters. The number of nitrogens with one attached hydrogen (secondary N) is 2. The summed E-state index contributed by atoms with van der Waals surface area (Å²) in [6, 6.07) is 19.1. The average molecular weight is 592 g/mol. The van der Waals surface area contributed by atoms with Crippen molar-refractivity contribution in [3.8, 4) is 11.4 Å². The molecule has 12 heteroatoms. The number of nitrogens with zero attached hydrogens (tertiary/aromatic N) is 3. The number of benzene rings is 2. The Morgan fingerprint density at radius 1 is 1.07 bits per heavy atom. The first-order valence-electron chi connectivity index (χ1n) is 12.7. The lowest BCUT2D eigenvalue weighted by atomic mass is 9.96. The highest BCUT2D eigenvalue weighted by molar-refractivity contribution is 7.92. The standard InChI is InChI=1S/C29H29N5O5S2/c1-17-15-22(18(2)33(17)20-10-8-19(9-11-20)28(35)36)27-26(24-7-5-6-14-30-24)31-29(40)34(27)21-12-13-23(25(16-21)39-3)32-41(4,37)38/h5-16,26-27,32H,1-4H3,(H,31,40)(H,35,36)/t26-,27+/m0/s1. The Hall–Kier alpha value is -4.42. The van der Waals surface area contributed by atoms with Gasteiger partial charge in [0.1, 0.15) is 5.75 Å². The van der Waals surface area contributed by atoms with E-state index in [0.717, 1.165) is 34.6 Å². The number of hydrogen-bond acceptors (Lipinski definition) is 6. The predicted octanol–water partition coefficient (Wildman–Crippen LogP) is 4.74. The van der Waals surface area contributed by atoms with Gasteiger partial charge in [-0.25, -0.2) is 13.2 Å². The van der Waals surface area contributed by atoms with Gasteiger partial charge in [-0.3, -0.25) is 9.71 Å². The van der Waals surface area contributed by atoms with Gasteiger partial charge in [0.2, 0.25) is 10.0 Å². The van der Waals surface area contributed by atoms with E-state index >= 15 is 0 Å². The number of thiocarbonyl (C=S) groups is 1. The molecule has 2 aromatic heterocycles. The summed E-state index contributed by atoms with van der Waals surface area (Å²) in [4.78, 5) is 18.0. The van der Waals surface area contributed by atoms with Crippen molar-refractivity contribution >= 4 is 44.7 Å². The maximum atomic E-state index is 11.9. The highest BCUT2D eigenvalue weighted by Crippen LogP contribution is 2.45. The molecule has 0 spiro atoms. The molecule has 212 valence electrons. The highest BCUT2D eigenvalue weighted by atomic mass is 32.2. The van der Waals surface area contributed by atoms with Crippen molar-refractivity contribution in [2.75, 3.05) is 23.0 Å². The molecule has 1 fully saturated rings. The maximum absolute atomic E-state index is 11.9. The van der Waals surface area contributed by atoms with E-state index in [2.05, 4.69) is 25.7 Å². The fraction of sp³-hybridized carbons (Fsp3) is 0.207. The number of rotatable bonds is 8. The second kappa shape index (κ2) is 10.9. The van der Waals surface area contributed by atoms with Crippen LogP contribution in [0.3, 0.4) is 0 Å². The Kier molecular flexibility index (Phi) is 7.45. The van der Waals surface area contributed by atoms with Gasteiger partial charge in [-0.1, -0.05) is 6.07 Å². The minimum Gasteiger partial charge on any atom is -0.494 e. The van der Waals surface area contributed by atoms with Crippen molar-refractivity contribution in [2.45, 2.75) is 25.9 Å². The van der Waals surface area contributed by atoms with Crippen LogP contribution in [0.25, 0.3) is 5.69 Å². The quantitative estimate of drug-likeness (QED) is 0.249. The van der Waals surface area contributed by atoms with E-state index in [9.17, 15) is 18.3 Å². The average Bonchev–Trinajstić information content (AvgIpc) is 3.43. The normalized spacial score (nSPS) is 16.9. The van der Waals surface area contributed by atoms with Crippen LogP contribution in [0, 0.1) is 13.8 Å². The van der Waals surface area contributed by atoms with Crippen molar-refractivity contribution in [2.24, 2.45) is 0 Å². The Balaban J connectivity index is 1.65. The van der Waals surface area contributed by atoms with Crippen LogP contribution in [-0.2, 0) is 10.0 Å². The van der Waals surface area contributed by atoms with E-state index in [1.165, 1.54) is 7.11 Å². The predicted molar refractivity (Wildman–Crippen MR) is 162 cm³/mol. The summed E-state index contributed by atoms with van der Waals surface area (Å²) in [7, 11) is -2.04. The second-order valence-electron chi connectivity index (χ2n) is 9.77. The number of methoxy groups -OCH3 is 1. The molecule has 3 N–H and O–H groups in total. The first-order valence-corrected chi connectivity index (χ1v) is 15.0. The van der Waals surface area contributed by atoms with Crippen LogP contribution in [0.5, 0.6) is 5.75 Å². The van der Waals surface area contributed by atoms with Gasteiger partial charge in [-0.2, -0.15) is 0 Å². The van der Waals surface area contributed by atoms with Gasteiger partial charge in [-0.15, -0.1) is 0 Å². The second-order valence-corrected chi connectivity index (χ2v) is 11.9. The van der Waals surface area contributed by atoms with Gasteiger partial charge >= 0.3 is 5.97 Å². The molecule has 3 heterocycles. The molecular weight excluding hydrogens is 562 g/mol. The van der Waals surface area contributed by atoms with E-state index in [4.69, 9.17) is 17.0 Å². The Morgan fingerprint density at radius 2 is 1.78 bits per heavy atom. The minimum absolute atomic E-state index is 0.214. The third-order valence-corrected chi connectivity index (χ3v) is 7.92. The van der Waals surface area contributed by atoms with Crippen molar-refractivity contribution in [3.63, 3.8) is 0 Å². The smallest absolute Gasteiger partial charge is 0.335 e. The molecule has 1 aliphatic rings. The van der Waals surface area contributed by atoms with Crippen LogP contribution in [0.15, 0.2) is 72.9 Å². The zero-order valence-electron chi connectivity index (χ0n) is 22.8. The van der Waals surface area contributed by atoms with Crippen molar-refractivity contribution < 1.29 is 23.1 Å². The van der Waals surface area contributed by atoms with Gasteiger partial charge in [-0.05, 0) is 86.2 Å². The molecule has 0 amide bonds. The lowest BCUT2D eigenvalue weighted by molar-refractivity contribution is 0.0697. The van der Waals surface area contributed by atoms with Crippen LogP contribution < -0.4 is 19.7 Å². The third kappa shape index (κ3) is 5.48. The summed E-state index contributed by atoms with van der Waals surface area (Å²) in [5, 5.41) is 13.3. The van der Waals surface area contributed by atoms with Crippen LogP contribution in [0.1, 0.15) is 45.1 Å². The SMILES string of the molecule is COc1cc(N2C(=S)N[C@@H](c3ccccn3)[C@H]2c2cc(C)n(-c3ccc(C(=O)O)cc3)c2C)ccc1NS(C)(=O)=O. The molecule has 41 heavy (non-hydrogen) atoms. The summed E-state index contributed by atoms with van der Waals surface area (Å²) >= 11 is 5.86. The molecule has 0 aliphatic carbocycles. The lowest BCUT2D eigenvalue weighted by Gasteiger charge is -2.29. The summed E-state index contributed by atoms with van der Waals surface area (Å²) in [5.41, 5.74) is 5.79. The van der Waals surface area contributed by atoms with Gasteiger partial charge in [0, 0.05) is 35.0 Å². The monoisotopic (exact) mass is 591 g/mol. The zero-order chi connectivity index (χ0) is 29.5. The fourth-order valence-electron chi connectivity index (χ4n) is 5.30. The topological polar surface area (TPSA) is 126 Å². The number of carboxylic acids is 1. The molecule has 1 aliphatic heterocycles. The van der Waals surface area contributed by atoms with Crippen LogP contribution in [-0.4, -0.2) is 47.5 Å². The van der Waals surface area contributed by atoms with E-state index in [0.29, 0.717) is 22.2 Å². The molecule has 2 atom stereocenters. The first-order chi connectivity index (χ1) is 19.5. The lowest BCUT2D eigenvalue weighted by Crippen LogP contribution is -2.29. The van der Waals surface area contributed by atoms with Crippen LogP contribution in [0.4, 0.5) is 11.4 Å². The number of ether oxygens (including phenoxy) is 1. The van der Waals surface area contributed by atoms with Crippen molar-refractivity contribution in [1.29, 1.82) is 0 Å². The summed E-state index contributed by atoms with van der Waals surface area (Å²) in [6.45, 7) is 4.01. The Bertz CT molecular complexity index is 1740. The van der Waals surface area contributed by atoms with Crippen LogP contribution in [0.2, 0.25) is 0 Å². The van der Waals surface area contributed by atoms with Crippen LogP contribution >= 0.6 is 12.2 Å². The molecule has 0 bridgehead atoms. The number of aromatic carboxylic acids is 1. The summed E-state index contributed by atoms with van der Waals surface area (Å²) in [5.74, 6) is -0.634. The Labute approximate surface area is 243 Å². The summed E-state index contributed by atoms with van der Waals surface area (Å²) in [6.07, 6.45) is 2.82. The molecule has 5 rings (SSSR count). The summed E-state index contributed by atoms with van der Waals surface area (Å²) < 4.78 is 33.9. The molecular formula is C29H29N5O5S2. The van der Waals surface area contributed by atoms with E-state index in [-0.39, 0.29) is 17.6 Å². The molecule has 1 saturated heterocycles. The van der Waals surface area contributed by atoms with Crippen molar-refractivity contribution in [3.05, 3.63) is 101 Å². The molecule has 2 aromatic carbocycles. The number of anilines is 2. The largest absolute Gasteiger partial charge is 0.494 e. The minimum atomic E-state index is -3.52. The fourth-order valence-corrected chi connectivity index (χ4v) is 6.21. The third-order valence-electron chi connectivity index (χ3n) is 7.02. The number of carboxylic acid groups (broad SMARTS) is 1. The van der Waals surface area contributed by atoms with E-state index < -0.39 is 16.0 Å². The number of carbonyl (C=O) groups is 1. The molecule has 0 radical (unpaired) electrons. The van der Waals surface area contributed by atoms with E-state index in [1.54, 1.807) is 48.7 Å². The van der Waals surface area contributed by atoms with E-state index in [1.807, 2.05) is 36.9 Å². The van der Waals surface area contributed by atoms with Gasteiger partial charge < -0.3 is 24.6 Å². The van der Waals surface area contributed by atoms with Crippen molar-refractivity contribution in [1.82, 2.24) is 14.9 Å². The van der Waals surface area contributed by atoms with Gasteiger partial charge in [0.15, 0.2) is 5.11 Å². The number of pyridine rings is 1. The maximum Gasteiger partial charge on any atom is 0.335 e. The van der Waals surface area contributed by atoms with Gasteiger partial charge in [0.05, 0.1) is 42.4 Å². The Morgan fingerprint density at radius 3 is 2.39 bits per heavy atom. The molecule has 0 saturated carbocycles. The number of sulfonamides is 1. The van der Waals surface area contributed by atoms with Gasteiger partial charge in [0.25, 0.3) is 0 Å². The number of aromatic nitrogens is 2. The number of hydrogen-bond donors (Lipinski definition) is 3. The number of aryl methyl sites for hydroxylation is 1.